The Balaban J connectivity index is 2.06. The van der Waals surface area contributed by atoms with Crippen LogP contribution in [0, 0.1) is 0 Å². The van der Waals surface area contributed by atoms with Gasteiger partial charge in [-0.2, -0.15) is 0 Å². The van der Waals surface area contributed by atoms with E-state index in [9.17, 15) is 9.00 Å². The molecule has 116 valence electrons. The molecule has 0 aliphatic heterocycles. The van der Waals surface area contributed by atoms with Crippen LogP contribution in [0.25, 0.3) is 0 Å². The molecule has 0 spiro atoms. The van der Waals surface area contributed by atoms with Gasteiger partial charge in [-0.3, -0.25) is 9.00 Å². The Kier molecular flexibility index (Phi) is 5.57. The number of amides is 1. The molecule has 0 saturated carbocycles. The van der Waals surface area contributed by atoms with Gasteiger partial charge >= 0.3 is 0 Å². The van der Waals surface area contributed by atoms with Crippen molar-refractivity contribution >= 4 is 28.3 Å². The monoisotopic (exact) mass is 337 g/mol. The Morgan fingerprint density at radius 2 is 1.91 bits per heavy atom. The molecule has 2 rings (SSSR count). The van der Waals surface area contributed by atoms with Gasteiger partial charge in [-0.25, -0.2) is 0 Å². The van der Waals surface area contributed by atoms with Gasteiger partial charge in [0.2, 0.25) is 0 Å². The molecule has 6 heteroatoms. The summed E-state index contributed by atoms with van der Waals surface area (Å²) in [6, 6.07) is 11.9. The van der Waals surface area contributed by atoms with Crippen LogP contribution in [0.1, 0.15) is 15.9 Å². The summed E-state index contributed by atoms with van der Waals surface area (Å²) < 4.78 is 16.6. The third-order valence-corrected chi connectivity index (χ3v) is 4.30. The fourth-order valence-electron chi connectivity index (χ4n) is 1.96. The lowest BCUT2D eigenvalue weighted by atomic mass is 10.1. The van der Waals surface area contributed by atoms with Crippen LogP contribution in [0.15, 0.2) is 47.4 Å². The number of hydrogen-bond donors (Lipinski definition) is 1. The van der Waals surface area contributed by atoms with Crippen molar-refractivity contribution in [2.24, 2.45) is 0 Å². The second kappa shape index (κ2) is 7.42. The zero-order chi connectivity index (χ0) is 16.1. The maximum absolute atomic E-state index is 12.1. The highest BCUT2D eigenvalue weighted by atomic mass is 35.5. The maximum atomic E-state index is 12.1. The SMILES string of the molecule is COc1ccc(Cl)cc1CNC(=O)c1ccc(S(C)=O)cc1. The molecule has 4 nitrogen and oxygen atoms in total. The average Bonchev–Trinajstić information content (AvgIpc) is 2.52. The smallest absolute Gasteiger partial charge is 0.251 e. The molecular weight excluding hydrogens is 322 g/mol. The van der Waals surface area contributed by atoms with E-state index < -0.39 is 10.8 Å². The highest BCUT2D eigenvalue weighted by Crippen LogP contribution is 2.22. The summed E-state index contributed by atoms with van der Waals surface area (Å²) in [5.41, 5.74) is 1.31. The normalized spacial score (nSPS) is 11.8. The second-order valence-electron chi connectivity index (χ2n) is 4.62. The van der Waals surface area contributed by atoms with E-state index in [1.54, 1.807) is 55.8 Å². The summed E-state index contributed by atoms with van der Waals surface area (Å²) in [6.07, 6.45) is 1.60. The Morgan fingerprint density at radius 3 is 2.50 bits per heavy atom. The van der Waals surface area contributed by atoms with Crippen molar-refractivity contribution in [3.05, 3.63) is 58.6 Å². The molecule has 0 fully saturated rings. The first-order valence-electron chi connectivity index (χ1n) is 6.55. The van der Waals surface area contributed by atoms with Gasteiger partial charge in [-0.15, -0.1) is 0 Å². The van der Waals surface area contributed by atoms with Gasteiger partial charge in [0, 0.05) is 44.6 Å². The summed E-state index contributed by atoms with van der Waals surface area (Å²) in [6.45, 7) is 0.310. The Morgan fingerprint density at radius 1 is 1.23 bits per heavy atom. The summed E-state index contributed by atoms with van der Waals surface area (Å²) >= 11 is 5.96. The number of rotatable bonds is 5. The first-order valence-corrected chi connectivity index (χ1v) is 8.49. The zero-order valence-electron chi connectivity index (χ0n) is 12.3. The van der Waals surface area contributed by atoms with Crippen molar-refractivity contribution in [3.8, 4) is 5.75 Å². The van der Waals surface area contributed by atoms with Crippen LogP contribution in [0.2, 0.25) is 5.02 Å². The van der Waals surface area contributed by atoms with E-state index in [2.05, 4.69) is 5.32 Å². The van der Waals surface area contributed by atoms with E-state index in [1.807, 2.05) is 0 Å². The van der Waals surface area contributed by atoms with Crippen LogP contribution in [0.3, 0.4) is 0 Å². The van der Waals surface area contributed by atoms with E-state index in [0.717, 1.165) is 5.56 Å². The van der Waals surface area contributed by atoms with Gasteiger partial charge in [0.05, 0.1) is 7.11 Å². The van der Waals surface area contributed by atoms with Crippen LogP contribution in [0.5, 0.6) is 5.75 Å². The van der Waals surface area contributed by atoms with Crippen molar-refractivity contribution in [3.63, 3.8) is 0 Å². The minimum Gasteiger partial charge on any atom is -0.496 e. The molecule has 1 N–H and O–H groups in total. The lowest BCUT2D eigenvalue weighted by Gasteiger charge is -2.10. The standard InChI is InChI=1S/C16H16ClNO3S/c1-21-15-8-5-13(17)9-12(15)10-18-16(19)11-3-6-14(7-4-11)22(2)20/h3-9H,10H2,1-2H3,(H,18,19). The molecule has 0 saturated heterocycles. The van der Waals surface area contributed by atoms with Crippen LogP contribution in [0.4, 0.5) is 0 Å². The molecule has 0 aliphatic carbocycles. The maximum Gasteiger partial charge on any atom is 0.251 e. The van der Waals surface area contributed by atoms with E-state index in [1.165, 1.54) is 0 Å². The van der Waals surface area contributed by atoms with Gasteiger partial charge in [0.15, 0.2) is 0 Å². The fourth-order valence-corrected chi connectivity index (χ4v) is 2.67. The molecule has 2 aromatic rings. The third-order valence-electron chi connectivity index (χ3n) is 3.13. The summed E-state index contributed by atoms with van der Waals surface area (Å²) in [5, 5.41) is 3.40. The minimum absolute atomic E-state index is 0.213. The molecule has 0 aromatic heterocycles. The topological polar surface area (TPSA) is 55.4 Å². The number of ether oxygens (including phenoxy) is 1. The highest BCUT2D eigenvalue weighted by Gasteiger charge is 2.09. The fraction of sp³-hybridized carbons (Fsp3) is 0.188. The quantitative estimate of drug-likeness (QED) is 0.912. The summed E-state index contributed by atoms with van der Waals surface area (Å²) in [5.74, 6) is 0.455. The first-order chi connectivity index (χ1) is 10.5. The number of nitrogens with one attached hydrogen (secondary N) is 1. The van der Waals surface area contributed by atoms with Crippen LogP contribution in [-0.4, -0.2) is 23.5 Å². The molecular formula is C16H16ClNO3S. The van der Waals surface area contributed by atoms with Gasteiger partial charge < -0.3 is 10.1 Å². The molecule has 0 bridgehead atoms. The summed E-state index contributed by atoms with van der Waals surface area (Å²) in [7, 11) is 0.514. The van der Waals surface area contributed by atoms with Crippen molar-refractivity contribution in [1.29, 1.82) is 0 Å². The number of hydrogen-bond acceptors (Lipinski definition) is 3. The number of halogens is 1. The minimum atomic E-state index is -1.05. The van der Waals surface area contributed by atoms with E-state index in [0.29, 0.717) is 27.8 Å². The average molecular weight is 338 g/mol. The molecule has 1 unspecified atom stereocenters. The molecule has 1 amide bonds. The van der Waals surface area contributed by atoms with E-state index in [-0.39, 0.29) is 5.91 Å². The zero-order valence-corrected chi connectivity index (χ0v) is 13.8. The van der Waals surface area contributed by atoms with Crippen molar-refractivity contribution in [2.75, 3.05) is 13.4 Å². The summed E-state index contributed by atoms with van der Waals surface area (Å²) in [4.78, 5) is 12.8. The van der Waals surface area contributed by atoms with Crippen LogP contribution >= 0.6 is 11.6 Å². The van der Waals surface area contributed by atoms with Gasteiger partial charge in [0.1, 0.15) is 5.75 Å². The largest absolute Gasteiger partial charge is 0.496 e. The number of benzene rings is 2. The first kappa shape index (κ1) is 16.5. The van der Waals surface area contributed by atoms with Crippen LogP contribution < -0.4 is 10.1 Å². The van der Waals surface area contributed by atoms with Crippen molar-refractivity contribution in [1.82, 2.24) is 5.32 Å². The Hall–Kier alpha value is -1.85. The lowest BCUT2D eigenvalue weighted by Crippen LogP contribution is -2.23. The second-order valence-corrected chi connectivity index (χ2v) is 6.43. The van der Waals surface area contributed by atoms with Gasteiger partial charge in [-0.1, -0.05) is 11.6 Å². The molecule has 0 radical (unpaired) electrons. The number of methoxy groups -OCH3 is 1. The highest BCUT2D eigenvalue weighted by molar-refractivity contribution is 7.84. The Bertz CT molecular complexity index is 701. The third kappa shape index (κ3) is 4.08. The molecule has 22 heavy (non-hydrogen) atoms. The predicted molar refractivity (Wildman–Crippen MR) is 87.9 cm³/mol. The molecule has 0 aliphatic rings. The number of carbonyl (C=O) groups excluding carboxylic acids is 1. The molecule has 0 heterocycles. The van der Waals surface area contributed by atoms with Gasteiger partial charge in [-0.05, 0) is 42.5 Å². The van der Waals surface area contributed by atoms with E-state index in [4.69, 9.17) is 16.3 Å². The molecule has 2 aromatic carbocycles. The van der Waals surface area contributed by atoms with Crippen molar-refractivity contribution in [2.45, 2.75) is 11.4 Å². The van der Waals surface area contributed by atoms with Crippen molar-refractivity contribution < 1.29 is 13.7 Å². The predicted octanol–water partition coefficient (Wildman–Crippen LogP) is 3.02. The van der Waals surface area contributed by atoms with Crippen LogP contribution in [-0.2, 0) is 17.3 Å². The lowest BCUT2D eigenvalue weighted by molar-refractivity contribution is 0.0950. The van der Waals surface area contributed by atoms with E-state index >= 15 is 0 Å². The molecule has 1 atom stereocenters. The number of carbonyl (C=O) groups is 1. The Labute approximate surface area is 136 Å². The van der Waals surface area contributed by atoms with Gasteiger partial charge in [0.25, 0.3) is 5.91 Å².